The first-order chi connectivity index (χ1) is 22.4. The van der Waals surface area contributed by atoms with Crippen LogP contribution < -0.4 is 0 Å². The summed E-state index contributed by atoms with van der Waals surface area (Å²) in [6.45, 7) is 0. The fourth-order valence-electron chi connectivity index (χ4n) is 4.60. The van der Waals surface area contributed by atoms with Crippen LogP contribution in [0.5, 0.6) is 0 Å². The average molecular weight is 623 g/mol. The summed E-state index contributed by atoms with van der Waals surface area (Å²) in [6.07, 6.45) is -7.15. The number of hydrogen-bond acceptors (Lipinski definition) is 10. The van der Waals surface area contributed by atoms with Crippen LogP contribution in [0.1, 0.15) is 41.4 Å². The molecule has 1 fully saturated rings. The molecule has 4 aromatic rings. The summed E-state index contributed by atoms with van der Waals surface area (Å²) in [5, 5.41) is 0. The van der Waals surface area contributed by atoms with Gasteiger partial charge in [-0.2, -0.15) is 0 Å². The highest BCUT2D eigenvalue weighted by Gasteiger charge is 2.55. The van der Waals surface area contributed by atoms with E-state index < -0.39 is 48.8 Å². The Labute approximate surface area is 262 Å². The predicted octanol–water partition coefficient (Wildman–Crippen LogP) is 3.65. The molecule has 12 nitrogen and oxygen atoms in total. The van der Waals surface area contributed by atoms with Crippen LogP contribution in [-0.2, 0) is 28.5 Å². The molecule has 0 aliphatic carbocycles. The van der Waals surface area contributed by atoms with Crippen LogP contribution in [0.4, 0.5) is 0 Å². The summed E-state index contributed by atoms with van der Waals surface area (Å²) in [6, 6.07) is 30.8. The Morgan fingerprint density at radius 3 is 0.761 bits per heavy atom. The minimum Gasteiger partial charge on any atom is -0.431 e. The van der Waals surface area contributed by atoms with Gasteiger partial charge in [0, 0.05) is 0 Å². The average Bonchev–Trinajstić information content (AvgIpc) is 3.11. The van der Waals surface area contributed by atoms with Crippen LogP contribution in [0.3, 0.4) is 0 Å². The van der Waals surface area contributed by atoms with Crippen molar-refractivity contribution in [2.75, 3.05) is 0 Å². The van der Waals surface area contributed by atoms with Gasteiger partial charge in [-0.25, -0.2) is 19.2 Å². The highest BCUT2D eigenvalue weighted by Crippen LogP contribution is 2.31. The van der Waals surface area contributed by atoms with Gasteiger partial charge in [-0.3, -0.25) is 19.4 Å². The van der Waals surface area contributed by atoms with E-state index in [1.807, 2.05) is 0 Å². The molecule has 1 saturated heterocycles. The summed E-state index contributed by atoms with van der Waals surface area (Å²) in [5.41, 5.74) is 0.258. The van der Waals surface area contributed by atoms with Gasteiger partial charge in [-0.15, -0.1) is 0 Å². The molecule has 0 N–H and O–H groups in total. The van der Waals surface area contributed by atoms with Gasteiger partial charge >= 0.3 is 23.9 Å². The maximum atomic E-state index is 13.3. The van der Waals surface area contributed by atoms with Crippen molar-refractivity contribution >= 4 is 36.7 Å². The number of nitrogens with zero attached hydrogens (tertiary/aromatic N) is 2. The van der Waals surface area contributed by atoms with E-state index in [-0.39, 0.29) is 35.1 Å². The molecule has 0 aromatic heterocycles. The molecule has 0 saturated carbocycles. The quantitative estimate of drug-likeness (QED) is 0.146. The summed E-state index contributed by atoms with van der Waals surface area (Å²) in [5.74, 6) is -3.84. The first-order valence-corrected chi connectivity index (χ1v) is 13.9. The number of carbonyl (C=O) groups excluding carboxylic acids is 6. The number of amides is 2. The zero-order chi connectivity index (χ0) is 32.5. The number of hydrogen-bond donors (Lipinski definition) is 0. The Morgan fingerprint density at radius 1 is 0.391 bits per heavy atom. The van der Waals surface area contributed by atoms with Crippen LogP contribution in [0.15, 0.2) is 121 Å². The molecule has 0 unspecified atom stereocenters. The maximum absolute atomic E-state index is 13.3. The van der Waals surface area contributed by atoms with Gasteiger partial charge in [0.15, 0.2) is 0 Å². The molecule has 4 aromatic carbocycles. The monoisotopic (exact) mass is 622 g/mol. The van der Waals surface area contributed by atoms with Crippen molar-refractivity contribution in [1.29, 1.82) is 0 Å². The molecule has 0 bridgehead atoms. The third kappa shape index (κ3) is 6.91. The molecular formula is C34H26N2O10. The van der Waals surface area contributed by atoms with E-state index in [0.717, 1.165) is 0 Å². The van der Waals surface area contributed by atoms with Crippen molar-refractivity contribution in [3.05, 3.63) is 144 Å². The molecule has 0 spiro atoms. The van der Waals surface area contributed by atoms with E-state index in [0.29, 0.717) is 9.80 Å². The summed E-state index contributed by atoms with van der Waals surface area (Å²) < 4.78 is 22.7. The van der Waals surface area contributed by atoms with Gasteiger partial charge < -0.3 is 18.9 Å². The van der Waals surface area contributed by atoms with Crippen molar-refractivity contribution < 1.29 is 47.7 Å². The van der Waals surface area contributed by atoms with E-state index in [9.17, 15) is 28.8 Å². The van der Waals surface area contributed by atoms with E-state index >= 15 is 0 Å². The highest BCUT2D eigenvalue weighted by molar-refractivity contribution is 5.92. The Balaban J connectivity index is 1.59. The lowest BCUT2D eigenvalue weighted by Crippen LogP contribution is -2.71. The molecule has 2 amide bonds. The molecule has 12 heteroatoms. The third-order valence-corrected chi connectivity index (χ3v) is 6.86. The minimum absolute atomic E-state index is 0.0644. The SMILES string of the molecule is O=CN1[C@H](OC(=O)c2ccccc2)[C@H](OC(=O)c2ccccc2)N(C=O)[C@@H](OC(=O)c2ccccc2)[C@@H]1OC(=O)c1ccccc1. The number of rotatable bonds is 10. The second-order valence-corrected chi connectivity index (χ2v) is 9.75. The van der Waals surface area contributed by atoms with E-state index in [4.69, 9.17) is 18.9 Å². The van der Waals surface area contributed by atoms with Gasteiger partial charge in [0.1, 0.15) is 0 Å². The predicted molar refractivity (Wildman–Crippen MR) is 158 cm³/mol. The van der Waals surface area contributed by atoms with Gasteiger partial charge in [-0.1, -0.05) is 72.8 Å². The summed E-state index contributed by atoms with van der Waals surface area (Å²) >= 11 is 0. The largest absolute Gasteiger partial charge is 0.431 e. The van der Waals surface area contributed by atoms with Crippen LogP contribution >= 0.6 is 0 Å². The van der Waals surface area contributed by atoms with Gasteiger partial charge in [0.25, 0.3) is 0 Å². The van der Waals surface area contributed by atoms with Crippen LogP contribution in [0.2, 0.25) is 0 Å². The van der Waals surface area contributed by atoms with E-state index in [2.05, 4.69) is 0 Å². The number of ether oxygens (including phenoxy) is 4. The number of esters is 4. The van der Waals surface area contributed by atoms with Crippen LogP contribution in [0, 0.1) is 0 Å². The van der Waals surface area contributed by atoms with Crippen molar-refractivity contribution in [3.63, 3.8) is 0 Å². The van der Waals surface area contributed by atoms with Crippen LogP contribution in [-0.4, -0.2) is 71.4 Å². The zero-order valence-corrected chi connectivity index (χ0v) is 24.0. The fourth-order valence-corrected chi connectivity index (χ4v) is 4.60. The lowest BCUT2D eigenvalue weighted by atomic mass is 10.2. The van der Waals surface area contributed by atoms with Gasteiger partial charge in [0.2, 0.25) is 37.7 Å². The fraction of sp³-hybridized carbons (Fsp3) is 0.118. The molecule has 5 rings (SSSR count). The lowest BCUT2D eigenvalue weighted by molar-refractivity contribution is -0.271. The van der Waals surface area contributed by atoms with Crippen LogP contribution in [0.25, 0.3) is 0 Å². The summed E-state index contributed by atoms with van der Waals surface area (Å²) in [4.78, 5) is 80.0. The molecule has 1 aliphatic rings. The van der Waals surface area contributed by atoms with E-state index in [1.165, 1.54) is 48.5 Å². The molecule has 0 radical (unpaired) electrons. The second-order valence-electron chi connectivity index (χ2n) is 9.75. The second kappa shape index (κ2) is 14.4. The molecule has 1 heterocycles. The zero-order valence-electron chi connectivity index (χ0n) is 24.0. The smallest absolute Gasteiger partial charge is 0.340 e. The minimum atomic E-state index is -1.87. The maximum Gasteiger partial charge on any atom is 0.340 e. The normalized spacial score (nSPS) is 18.9. The Kier molecular flexibility index (Phi) is 9.78. The highest BCUT2D eigenvalue weighted by atomic mass is 16.6. The van der Waals surface area contributed by atoms with E-state index in [1.54, 1.807) is 72.8 Å². The lowest BCUT2D eigenvalue weighted by Gasteiger charge is -2.49. The number of piperazine rings is 1. The molecule has 46 heavy (non-hydrogen) atoms. The Bertz CT molecular complexity index is 1440. The molecule has 232 valence electrons. The third-order valence-electron chi connectivity index (χ3n) is 6.86. The summed E-state index contributed by atoms with van der Waals surface area (Å²) in [7, 11) is 0. The first-order valence-electron chi connectivity index (χ1n) is 13.9. The molecule has 1 aliphatic heterocycles. The van der Waals surface area contributed by atoms with Gasteiger partial charge in [-0.05, 0) is 48.5 Å². The number of benzene rings is 4. The van der Waals surface area contributed by atoms with Crippen molar-refractivity contribution in [2.24, 2.45) is 0 Å². The molecule has 4 atom stereocenters. The van der Waals surface area contributed by atoms with Crippen molar-refractivity contribution in [1.82, 2.24) is 9.80 Å². The van der Waals surface area contributed by atoms with Crippen molar-refractivity contribution in [2.45, 2.75) is 24.9 Å². The standard InChI is InChI=1S/C34H26N2O10/c37-21-35-27(43-31(39)23-13-5-1-6-14-23)28(44-32(40)24-15-7-2-8-16-24)36(22-38)30(46-34(42)26-19-11-4-12-20-26)29(35)45-33(41)25-17-9-3-10-18-25/h1-22,27-30H/t27-,28-,29-,30+/m0/s1. The first kappa shape index (κ1) is 31.1. The van der Waals surface area contributed by atoms with Crippen molar-refractivity contribution in [3.8, 4) is 0 Å². The number of carbonyl (C=O) groups is 6. The molecular weight excluding hydrogens is 596 g/mol. The topological polar surface area (TPSA) is 146 Å². The Hall–Kier alpha value is -6.30. The van der Waals surface area contributed by atoms with Gasteiger partial charge in [0.05, 0.1) is 22.3 Å². The Morgan fingerprint density at radius 2 is 0.587 bits per heavy atom.